The third-order valence-corrected chi connectivity index (χ3v) is 4.90. The van der Waals surface area contributed by atoms with E-state index in [1.54, 1.807) is 37.7 Å². The largest absolute Gasteiger partial charge is 0.507 e. The zero-order chi connectivity index (χ0) is 21.1. The van der Waals surface area contributed by atoms with Gasteiger partial charge in [-0.3, -0.25) is 9.98 Å². The molecule has 1 N–H and O–H groups in total. The second-order valence-electron chi connectivity index (χ2n) is 7.24. The van der Waals surface area contributed by atoms with Gasteiger partial charge >= 0.3 is 0 Å². The van der Waals surface area contributed by atoms with Crippen LogP contribution in [0.2, 0.25) is 0 Å². The first-order valence-electron chi connectivity index (χ1n) is 9.79. The molecule has 0 amide bonds. The number of methoxy groups -OCH3 is 1. The highest BCUT2D eigenvalue weighted by Crippen LogP contribution is 2.43. The summed E-state index contributed by atoms with van der Waals surface area (Å²) >= 11 is 0. The highest BCUT2D eigenvalue weighted by Gasteiger charge is 2.31. The second-order valence-corrected chi connectivity index (χ2v) is 7.24. The molecule has 1 aromatic heterocycles. The van der Waals surface area contributed by atoms with Crippen molar-refractivity contribution in [1.82, 2.24) is 14.8 Å². The van der Waals surface area contributed by atoms with Gasteiger partial charge < -0.3 is 24.4 Å². The predicted octanol–water partition coefficient (Wildman–Crippen LogP) is 2.74. The molecule has 1 aromatic carbocycles. The molecule has 0 saturated heterocycles. The zero-order valence-electron chi connectivity index (χ0n) is 17.4. The summed E-state index contributed by atoms with van der Waals surface area (Å²) in [5.74, 6) is 2.71. The van der Waals surface area contributed by atoms with Gasteiger partial charge in [0.05, 0.1) is 13.7 Å². The molecular weight excluding hydrogens is 382 g/mol. The summed E-state index contributed by atoms with van der Waals surface area (Å²) in [7, 11) is 5.60. The van der Waals surface area contributed by atoms with Crippen molar-refractivity contribution in [3.05, 3.63) is 53.9 Å². The van der Waals surface area contributed by atoms with E-state index in [0.717, 1.165) is 17.9 Å². The van der Waals surface area contributed by atoms with E-state index in [2.05, 4.69) is 14.9 Å². The fourth-order valence-corrected chi connectivity index (χ4v) is 3.40. The van der Waals surface area contributed by atoms with Gasteiger partial charge in [-0.05, 0) is 38.4 Å². The lowest BCUT2D eigenvalue weighted by Gasteiger charge is -2.27. The molecule has 0 aliphatic carbocycles. The van der Waals surface area contributed by atoms with Crippen LogP contribution >= 0.6 is 0 Å². The number of fused-ring (bicyclic) bond motifs is 3. The topological polar surface area (TPSA) is 82.8 Å². The van der Waals surface area contributed by atoms with Crippen molar-refractivity contribution in [3.8, 4) is 11.5 Å². The minimum atomic E-state index is 0.0916. The Labute approximate surface area is 175 Å². The molecule has 0 bridgehead atoms. The van der Waals surface area contributed by atoms with Crippen LogP contribution in [0, 0.1) is 0 Å². The number of aliphatic imine (C=N–C) groups is 2. The fraction of sp³-hybridized carbons (Fsp3) is 0.318. The minimum absolute atomic E-state index is 0.0916. The van der Waals surface area contributed by atoms with E-state index < -0.39 is 0 Å². The average Bonchev–Trinajstić information content (AvgIpc) is 3.24. The molecule has 30 heavy (non-hydrogen) atoms. The molecule has 2 aliphatic rings. The van der Waals surface area contributed by atoms with Gasteiger partial charge in [0.25, 0.3) is 0 Å². The third-order valence-electron chi connectivity index (χ3n) is 4.90. The molecule has 156 valence electrons. The molecular formula is C22H25N5O3. The van der Waals surface area contributed by atoms with E-state index in [1.165, 1.54) is 0 Å². The van der Waals surface area contributed by atoms with Crippen LogP contribution in [0.5, 0.6) is 11.5 Å². The Kier molecular flexibility index (Phi) is 5.67. The Hall–Kier alpha value is -3.39. The first-order chi connectivity index (χ1) is 14.6. The van der Waals surface area contributed by atoms with Crippen molar-refractivity contribution in [3.63, 3.8) is 0 Å². The van der Waals surface area contributed by atoms with Crippen LogP contribution in [0.3, 0.4) is 0 Å². The molecule has 0 saturated carbocycles. The lowest BCUT2D eigenvalue weighted by molar-refractivity contribution is 0.251. The number of aliphatic hydroxyl groups is 1. The number of amidine groups is 2. The summed E-state index contributed by atoms with van der Waals surface area (Å²) < 4.78 is 11.6. The van der Waals surface area contributed by atoms with Crippen LogP contribution in [0.15, 0.2) is 52.7 Å². The summed E-state index contributed by atoms with van der Waals surface area (Å²) in [5, 5.41) is 10.6. The zero-order valence-corrected chi connectivity index (χ0v) is 17.4. The molecule has 0 fully saturated rings. The van der Waals surface area contributed by atoms with Crippen molar-refractivity contribution in [2.45, 2.75) is 0 Å². The maximum Gasteiger partial charge on any atom is 0.187 e. The van der Waals surface area contributed by atoms with Gasteiger partial charge in [0.15, 0.2) is 11.5 Å². The SMILES string of the molecule is COc1c(OCCN(C)C)ccc2c1N=C(/C=C(\O)c1cccnc1)N1CCN=C21. The van der Waals surface area contributed by atoms with Gasteiger partial charge in [-0.1, -0.05) is 0 Å². The number of benzene rings is 1. The van der Waals surface area contributed by atoms with E-state index in [0.29, 0.717) is 48.3 Å². The maximum absolute atomic E-state index is 10.6. The van der Waals surface area contributed by atoms with E-state index in [9.17, 15) is 5.11 Å². The lowest BCUT2D eigenvalue weighted by atomic mass is 10.1. The number of aliphatic hydroxyl groups excluding tert-OH is 1. The van der Waals surface area contributed by atoms with Crippen LogP contribution in [0.25, 0.3) is 5.76 Å². The Bertz CT molecular complexity index is 1010. The van der Waals surface area contributed by atoms with Crippen molar-refractivity contribution in [2.24, 2.45) is 9.98 Å². The Morgan fingerprint density at radius 2 is 2.17 bits per heavy atom. The standard InChI is InChI=1S/C22H25N5O3/c1-26(2)11-12-30-18-7-6-16-20(21(18)29-3)25-19(27-10-9-24-22(16)27)13-17(28)15-5-4-8-23-14-15/h4-8,13-14,28H,9-12H2,1-3H3/b17-13-. The van der Waals surface area contributed by atoms with Gasteiger partial charge in [-0.15, -0.1) is 0 Å². The Balaban J connectivity index is 1.75. The van der Waals surface area contributed by atoms with E-state index in [-0.39, 0.29) is 5.76 Å². The van der Waals surface area contributed by atoms with Crippen LogP contribution in [0.4, 0.5) is 5.69 Å². The summed E-state index contributed by atoms with van der Waals surface area (Å²) in [5.41, 5.74) is 2.17. The molecule has 0 spiro atoms. The molecule has 8 heteroatoms. The quantitative estimate of drug-likeness (QED) is 0.711. The summed E-state index contributed by atoms with van der Waals surface area (Å²) in [6.45, 7) is 2.69. The number of hydrogen-bond acceptors (Lipinski definition) is 8. The van der Waals surface area contributed by atoms with Gasteiger partial charge in [0.1, 0.15) is 29.7 Å². The van der Waals surface area contributed by atoms with E-state index >= 15 is 0 Å². The van der Waals surface area contributed by atoms with Gasteiger partial charge in [0, 0.05) is 42.7 Å². The van der Waals surface area contributed by atoms with Crippen molar-refractivity contribution >= 4 is 23.1 Å². The summed E-state index contributed by atoms with van der Waals surface area (Å²) in [4.78, 5) is 17.6. The third kappa shape index (κ3) is 3.86. The Morgan fingerprint density at radius 3 is 2.90 bits per heavy atom. The minimum Gasteiger partial charge on any atom is -0.507 e. The number of likely N-dealkylation sites (N-methyl/N-ethyl adjacent to an activating group) is 1. The molecule has 2 aliphatic heterocycles. The molecule has 0 radical (unpaired) electrons. The van der Waals surface area contributed by atoms with E-state index in [4.69, 9.17) is 14.5 Å². The lowest BCUT2D eigenvalue weighted by Crippen LogP contribution is -2.36. The summed E-state index contributed by atoms with van der Waals surface area (Å²) in [6.07, 6.45) is 4.91. The number of hydrogen-bond donors (Lipinski definition) is 1. The number of ether oxygens (including phenoxy) is 2. The average molecular weight is 407 g/mol. The fourth-order valence-electron chi connectivity index (χ4n) is 3.40. The Morgan fingerprint density at radius 1 is 1.30 bits per heavy atom. The van der Waals surface area contributed by atoms with E-state index in [1.807, 2.05) is 31.1 Å². The van der Waals surface area contributed by atoms with Crippen molar-refractivity contribution in [2.75, 3.05) is 47.4 Å². The predicted molar refractivity (Wildman–Crippen MR) is 117 cm³/mol. The number of rotatable bonds is 7. The molecule has 4 rings (SSSR count). The number of nitrogens with zero attached hydrogens (tertiary/aromatic N) is 5. The van der Waals surface area contributed by atoms with Crippen LogP contribution < -0.4 is 9.47 Å². The van der Waals surface area contributed by atoms with Crippen LogP contribution in [-0.2, 0) is 0 Å². The first kappa shape index (κ1) is 19.9. The normalized spacial score (nSPS) is 15.5. The van der Waals surface area contributed by atoms with Crippen molar-refractivity contribution in [1.29, 1.82) is 0 Å². The van der Waals surface area contributed by atoms with Crippen LogP contribution in [0.1, 0.15) is 11.1 Å². The monoisotopic (exact) mass is 407 g/mol. The van der Waals surface area contributed by atoms with Gasteiger partial charge in [-0.25, -0.2) is 4.99 Å². The highest BCUT2D eigenvalue weighted by atomic mass is 16.5. The van der Waals surface area contributed by atoms with Gasteiger partial charge in [0.2, 0.25) is 0 Å². The molecule has 3 heterocycles. The number of aromatic nitrogens is 1. The maximum atomic E-state index is 10.6. The van der Waals surface area contributed by atoms with Gasteiger partial charge in [-0.2, -0.15) is 0 Å². The number of pyridine rings is 1. The second kappa shape index (κ2) is 8.54. The first-order valence-corrected chi connectivity index (χ1v) is 9.79. The molecule has 0 unspecified atom stereocenters. The van der Waals surface area contributed by atoms with Crippen LogP contribution in [-0.4, -0.2) is 79.0 Å². The molecule has 2 aromatic rings. The van der Waals surface area contributed by atoms with Crippen molar-refractivity contribution < 1.29 is 14.6 Å². The smallest absolute Gasteiger partial charge is 0.187 e. The molecule has 8 nitrogen and oxygen atoms in total. The molecule has 0 atom stereocenters. The summed E-state index contributed by atoms with van der Waals surface area (Å²) in [6, 6.07) is 7.44. The highest BCUT2D eigenvalue weighted by molar-refractivity contribution is 6.20.